The van der Waals surface area contributed by atoms with E-state index in [9.17, 15) is 10.1 Å². The summed E-state index contributed by atoms with van der Waals surface area (Å²) in [6.45, 7) is 2.47. The number of carbonyl (C=O) groups is 1. The number of hydrogen-bond acceptors (Lipinski definition) is 8. The van der Waals surface area contributed by atoms with E-state index in [-0.39, 0.29) is 23.8 Å². The molecule has 0 aromatic heterocycles. The second-order valence-electron chi connectivity index (χ2n) is 9.16. The Bertz CT molecular complexity index is 1410. The van der Waals surface area contributed by atoms with Gasteiger partial charge in [0.1, 0.15) is 28.9 Å². The molecule has 1 unspecified atom stereocenters. The van der Waals surface area contributed by atoms with Gasteiger partial charge in [0.05, 0.1) is 19.6 Å². The van der Waals surface area contributed by atoms with Crippen LogP contribution in [0.1, 0.15) is 49.7 Å². The van der Waals surface area contributed by atoms with E-state index >= 15 is 0 Å². The maximum absolute atomic E-state index is 12.4. The predicted molar refractivity (Wildman–Crippen MR) is 151 cm³/mol. The number of fused-ring (bicyclic) bond motifs is 1. The number of benzene rings is 3. The maximum atomic E-state index is 12.4. The van der Waals surface area contributed by atoms with Crippen LogP contribution in [0.15, 0.2) is 72.1 Å². The molecule has 208 valence electrons. The lowest BCUT2D eigenvalue weighted by Crippen LogP contribution is -2.22. The van der Waals surface area contributed by atoms with E-state index in [0.717, 1.165) is 24.8 Å². The summed E-state index contributed by atoms with van der Waals surface area (Å²) in [6, 6.07) is 19.3. The van der Waals surface area contributed by atoms with Crippen molar-refractivity contribution in [2.24, 2.45) is 5.73 Å². The third kappa shape index (κ3) is 6.99. The summed E-state index contributed by atoms with van der Waals surface area (Å²) in [4.78, 5) is 12.4. The first kappa shape index (κ1) is 28.7. The SMILES string of the molecule is CCCCCCOc1ccc(C2C(C#N)=C(N)Oc3cc(OC(=O)COc4ccc(Cl)cc4)ccc32)cc1OC. The van der Waals surface area contributed by atoms with Crippen molar-refractivity contribution in [1.29, 1.82) is 5.26 Å². The van der Waals surface area contributed by atoms with Gasteiger partial charge in [-0.15, -0.1) is 0 Å². The highest BCUT2D eigenvalue weighted by molar-refractivity contribution is 6.30. The van der Waals surface area contributed by atoms with E-state index in [4.69, 9.17) is 41.0 Å². The standard InChI is InChI=1S/C31H31ClN2O6/c1-3-4-5-6-15-37-26-14-7-20(16-28(26)36-2)30-24-13-12-23(17-27(24)40-31(34)25(30)18-33)39-29(35)19-38-22-10-8-21(32)9-11-22/h7-14,16-17,30H,3-6,15,19,34H2,1-2H3. The summed E-state index contributed by atoms with van der Waals surface area (Å²) in [7, 11) is 1.58. The van der Waals surface area contributed by atoms with E-state index in [2.05, 4.69) is 13.0 Å². The lowest BCUT2D eigenvalue weighted by Gasteiger charge is -2.27. The van der Waals surface area contributed by atoms with Crippen molar-refractivity contribution in [3.63, 3.8) is 0 Å². The van der Waals surface area contributed by atoms with Crippen molar-refractivity contribution in [2.75, 3.05) is 20.3 Å². The first-order valence-electron chi connectivity index (χ1n) is 13.0. The summed E-state index contributed by atoms with van der Waals surface area (Å²) in [5, 5.41) is 10.5. The highest BCUT2D eigenvalue weighted by Gasteiger charge is 2.31. The Morgan fingerprint density at radius 1 is 1.00 bits per heavy atom. The van der Waals surface area contributed by atoms with Gasteiger partial charge in [-0.1, -0.05) is 49.9 Å². The summed E-state index contributed by atoms with van der Waals surface area (Å²) in [5.41, 5.74) is 7.89. The Morgan fingerprint density at radius 3 is 2.50 bits per heavy atom. The van der Waals surface area contributed by atoms with Gasteiger partial charge in [0, 0.05) is 16.7 Å². The first-order chi connectivity index (χ1) is 19.4. The molecule has 4 rings (SSSR count). The van der Waals surface area contributed by atoms with Crippen molar-refractivity contribution < 1.29 is 28.5 Å². The van der Waals surface area contributed by atoms with Crippen LogP contribution in [0.25, 0.3) is 0 Å². The van der Waals surface area contributed by atoms with E-state index in [1.54, 1.807) is 49.6 Å². The Balaban J connectivity index is 1.51. The number of hydrogen-bond donors (Lipinski definition) is 1. The molecule has 40 heavy (non-hydrogen) atoms. The molecule has 1 aliphatic heterocycles. The smallest absolute Gasteiger partial charge is 0.349 e. The highest BCUT2D eigenvalue weighted by Crippen LogP contribution is 2.45. The van der Waals surface area contributed by atoms with Crippen LogP contribution in [0, 0.1) is 11.3 Å². The zero-order valence-electron chi connectivity index (χ0n) is 22.4. The van der Waals surface area contributed by atoms with E-state index in [1.807, 2.05) is 18.2 Å². The highest BCUT2D eigenvalue weighted by atomic mass is 35.5. The van der Waals surface area contributed by atoms with Crippen LogP contribution in [-0.2, 0) is 4.79 Å². The number of allylic oxidation sites excluding steroid dienone is 1. The van der Waals surface area contributed by atoms with Gasteiger partial charge < -0.3 is 29.4 Å². The van der Waals surface area contributed by atoms with Gasteiger partial charge in [-0.25, -0.2) is 4.79 Å². The quantitative estimate of drug-likeness (QED) is 0.151. The molecule has 1 heterocycles. The fourth-order valence-corrected chi connectivity index (χ4v) is 4.50. The van der Waals surface area contributed by atoms with Crippen molar-refractivity contribution in [1.82, 2.24) is 0 Å². The Kier molecular flexibility index (Phi) is 9.76. The average molecular weight is 563 g/mol. The minimum Gasteiger partial charge on any atom is -0.493 e. The second kappa shape index (κ2) is 13.6. The first-order valence-corrected chi connectivity index (χ1v) is 13.4. The van der Waals surface area contributed by atoms with E-state index < -0.39 is 11.9 Å². The van der Waals surface area contributed by atoms with Gasteiger partial charge >= 0.3 is 5.97 Å². The zero-order valence-corrected chi connectivity index (χ0v) is 23.2. The van der Waals surface area contributed by atoms with Crippen LogP contribution in [-0.4, -0.2) is 26.3 Å². The number of ether oxygens (including phenoxy) is 5. The van der Waals surface area contributed by atoms with Gasteiger partial charge in [-0.2, -0.15) is 5.26 Å². The fraction of sp³-hybridized carbons (Fsp3) is 0.290. The molecule has 0 saturated carbocycles. The Labute approximate surface area is 238 Å². The molecule has 0 aliphatic carbocycles. The van der Waals surface area contributed by atoms with Crippen LogP contribution < -0.4 is 29.4 Å². The molecule has 9 heteroatoms. The molecule has 3 aromatic carbocycles. The van der Waals surface area contributed by atoms with Crippen molar-refractivity contribution >= 4 is 17.6 Å². The molecule has 0 spiro atoms. The minimum absolute atomic E-state index is 0.0234. The lowest BCUT2D eigenvalue weighted by molar-refractivity contribution is -0.136. The molecule has 2 N–H and O–H groups in total. The fourth-order valence-electron chi connectivity index (χ4n) is 4.37. The van der Waals surface area contributed by atoms with E-state index in [1.165, 1.54) is 6.42 Å². The lowest BCUT2D eigenvalue weighted by atomic mass is 9.83. The molecule has 0 amide bonds. The van der Waals surface area contributed by atoms with Crippen LogP contribution in [0.5, 0.6) is 28.7 Å². The Morgan fingerprint density at radius 2 is 1.77 bits per heavy atom. The van der Waals surface area contributed by atoms with Crippen molar-refractivity contribution in [3.8, 4) is 34.8 Å². The summed E-state index contributed by atoms with van der Waals surface area (Å²) < 4.78 is 28.2. The number of halogens is 1. The summed E-state index contributed by atoms with van der Waals surface area (Å²) >= 11 is 5.87. The molecule has 0 saturated heterocycles. The second-order valence-corrected chi connectivity index (χ2v) is 9.60. The molecule has 1 aliphatic rings. The molecule has 1 atom stereocenters. The van der Waals surface area contributed by atoms with Gasteiger partial charge in [0.2, 0.25) is 5.88 Å². The number of nitrogens with zero attached hydrogens (tertiary/aromatic N) is 1. The predicted octanol–water partition coefficient (Wildman–Crippen LogP) is 6.51. The number of esters is 1. The monoisotopic (exact) mass is 562 g/mol. The maximum Gasteiger partial charge on any atom is 0.349 e. The number of unbranched alkanes of at least 4 members (excludes halogenated alkanes) is 3. The number of methoxy groups -OCH3 is 1. The molecule has 0 fully saturated rings. The van der Waals surface area contributed by atoms with Gasteiger partial charge in [0.25, 0.3) is 0 Å². The third-order valence-corrected chi connectivity index (χ3v) is 6.62. The molecule has 8 nitrogen and oxygen atoms in total. The zero-order chi connectivity index (χ0) is 28.5. The third-order valence-electron chi connectivity index (χ3n) is 6.37. The molecular formula is C31H31ClN2O6. The van der Waals surface area contributed by atoms with Gasteiger partial charge in [-0.05, 0) is 54.4 Å². The Hall–Kier alpha value is -4.35. The molecular weight excluding hydrogens is 532 g/mol. The number of nitrogens with two attached hydrogens (primary N) is 1. The van der Waals surface area contributed by atoms with Crippen molar-refractivity contribution in [2.45, 2.75) is 38.5 Å². The normalized spacial score (nSPS) is 14.0. The summed E-state index contributed by atoms with van der Waals surface area (Å²) in [6.07, 6.45) is 4.40. The average Bonchev–Trinajstić information content (AvgIpc) is 2.96. The van der Waals surface area contributed by atoms with Crippen LogP contribution in [0.4, 0.5) is 0 Å². The van der Waals surface area contributed by atoms with Crippen LogP contribution in [0.2, 0.25) is 5.02 Å². The number of carbonyl (C=O) groups excluding carboxylic acids is 1. The van der Waals surface area contributed by atoms with Crippen LogP contribution >= 0.6 is 11.6 Å². The summed E-state index contributed by atoms with van der Waals surface area (Å²) in [5.74, 6) is 1.17. The van der Waals surface area contributed by atoms with E-state index in [0.29, 0.717) is 40.2 Å². The largest absolute Gasteiger partial charge is 0.493 e. The number of rotatable bonds is 12. The topological polar surface area (TPSA) is 113 Å². The molecule has 0 bridgehead atoms. The molecule has 0 radical (unpaired) electrons. The van der Waals surface area contributed by atoms with Crippen molar-refractivity contribution in [3.05, 3.63) is 88.3 Å². The van der Waals surface area contributed by atoms with Gasteiger partial charge in [0.15, 0.2) is 18.1 Å². The minimum atomic E-state index is -0.599. The molecule has 3 aromatic rings. The van der Waals surface area contributed by atoms with Gasteiger partial charge in [-0.3, -0.25) is 0 Å². The number of nitriles is 1. The van der Waals surface area contributed by atoms with Crippen LogP contribution in [0.3, 0.4) is 0 Å².